The monoisotopic (exact) mass is 294 g/mol. The Kier molecular flexibility index (Phi) is 7.48. The lowest BCUT2D eigenvalue weighted by Crippen LogP contribution is -2.45. The Bertz CT molecular complexity index is 359. The van der Waals surface area contributed by atoms with Crippen LogP contribution in [0, 0.1) is 0 Å². The van der Waals surface area contributed by atoms with Gasteiger partial charge in [0.15, 0.2) is 0 Å². The van der Waals surface area contributed by atoms with Gasteiger partial charge in [-0.05, 0) is 18.4 Å². The van der Waals surface area contributed by atoms with Crippen LogP contribution in [0.4, 0.5) is 0 Å². The van der Waals surface area contributed by atoms with Crippen molar-refractivity contribution in [3.8, 4) is 0 Å². The van der Waals surface area contributed by atoms with E-state index < -0.39 is 8.07 Å². The van der Waals surface area contributed by atoms with Gasteiger partial charge in [0.25, 0.3) is 0 Å². The van der Waals surface area contributed by atoms with Crippen LogP contribution in [-0.2, 0) is 0 Å². The number of allylic oxidation sites excluding steroid dienone is 1. The first kappa shape index (κ1) is 16.5. The molecule has 0 N–H and O–H groups in total. The van der Waals surface area contributed by atoms with Gasteiger partial charge < -0.3 is 0 Å². The molecule has 1 rings (SSSR count). The van der Waals surface area contributed by atoms with Crippen LogP contribution in [0.3, 0.4) is 0 Å². The molecule has 0 fully saturated rings. The van der Waals surface area contributed by atoms with Crippen molar-refractivity contribution in [3.05, 3.63) is 43.0 Å². The Morgan fingerprint density at radius 3 is 2.32 bits per heavy atom. The molecule has 2 heteroatoms. The maximum Gasteiger partial charge on any atom is 0.0873 e. The molecule has 1 atom stereocenters. The topological polar surface area (TPSA) is 0 Å². The Morgan fingerprint density at radius 2 is 1.74 bits per heavy atom. The van der Waals surface area contributed by atoms with Gasteiger partial charge in [-0.15, -0.1) is 18.2 Å². The average Bonchev–Trinajstić information content (AvgIpc) is 2.43. The molecule has 0 aromatic heterocycles. The van der Waals surface area contributed by atoms with Gasteiger partial charge in [0, 0.05) is 5.88 Å². The van der Waals surface area contributed by atoms with Crippen LogP contribution < -0.4 is 5.19 Å². The molecule has 106 valence electrons. The van der Waals surface area contributed by atoms with Gasteiger partial charge in [-0.3, -0.25) is 0 Å². The van der Waals surface area contributed by atoms with E-state index in [1.807, 2.05) is 0 Å². The quantitative estimate of drug-likeness (QED) is 0.249. The summed E-state index contributed by atoms with van der Waals surface area (Å²) in [6.45, 7) is 9.01. The second-order valence-electron chi connectivity index (χ2n) is 5.82. The van der Waals surface area contributed by atoms with Crippen molar-refractivity contribution in [2.75, 3.05) is 5.88 Å². The van der Waals surface area contributed by atoms with Crippen molar-refractivity contribution in [1.82, 2.24) is 0 Å². The number of halogens is 1. The number of benzene rings is 1. The smallest absolute Gasteiger partial charge is 0.0873 e. The summed E-state index contributed by atoms with van der Waals surface area (Å²) in [7, 11) is -1.42. The lowest BCUT2D eigenvalue weighted by molar-refractivity contribution is 0.634. The van der Waals surface area contributed by atoms with Gasteiger partial charge in [0.2, 0.25) is 0 Å². The molecule has 0 spiro atoms. The summed E-state index contributed by atoms with van der Waals surface area (Å²) in [6, 6.07) is 11.0. The van der Waals surface area contributed by atoms with Crippen LogP contribution in [0.25, 0.3) is 0 Å². The highest BCUT2D eigenvalue weighted by Crippen LogP contribution is 2.29. The van der Waals surface area contributed by atoms with E-state index in [1.165, 1.54) is 25.7 Å². The minimum absolute atomic E-state index is 0.672. The highest BCUT2D eigenvalue weighted by atomic mass is 35.5. The van der Waals surface area contributed by atoms with Crippen molar-refractivity contribution < 1.29 is 0 Å². The third kappa shape index (κ3) is 5.16. The molecule has 0 amide bonds. The number of rotatable bonds is 9. The predicted octanol–water partition coefficient (Wildman–Crippen LogP) is 5.35. The Balaban J connectivity index is 2.56. The first-order chi connectivity index (χ1) is 9.12. The van der Waals surface area contributed by atoms with Gasteiger partial charge in [-0.25, -0.2) is 0 Å². The van der Waals surface area contributed by atoms with Crippen LogP contribution in [0.2, 0.25) is 18.6 Å². The molecule has 0 aliphatic carbocycles. The van der Waals surface area contributed by atoms with Crippen molar-refractivity contribution in [3.63, 3.8) is 0 Å². The van der Waals surface area contributed by atoms with Gasteiger partial charge in [0.05, 0.1) is 8.07 Å². The van der Waals surface area contributed by atoms with Crippen LogP contribution in [0.5, 0.6) is 0 Å². The molecule has 0 saturated carbocycles. The SMILES string of the molecule is C=C[C@@H](CCCCCCCl)[Si](C)(C)c1ccccc1. The van der Waals surface area contributed by atoms with Crippen molar-refractivity contribution in [1.29, 1.82) is 0 Å². The van der Waals surface area contributed by atoms with Crippen molar-refractivity contribution in [2.24, 2.45) is 0 Å². The largest absolute Gasteiger partial charge is 0.127 e. The molecule has 1 aromatic rings. The summed E-state index contributed by atoms with van der Waals surface area (Å²) in [6.07, 6.45) is 8.49. The Hall–Kier alpha value is -0.533. The second kappa shape index (κ2) is 8.60. The summed E-state index contributed by atoms with van der Waals surface area (Å²) >= 11 is 5.71. The highest BCUT2D eigenvalue weighted by molar-refractivity contribution is 6.91. The number of alkyl halides is 1. The molecule has 0 aliphatic rings. The number of hydrogen-bond acceptors (Lipinski definition) is 0. The molecule has 0 aliphatic heterocycles. The molecule has 0 bridgehead atoms. The lowest BCUT2D eigenvalue weighted by atomic mass is 10.1. The van der Waals surface area contributed by atoms with Gasteiger partial charge in [0.1, 0.15) is 0 Å². The Morgan fingerprint density at radius 1 is 1.11 bits per heavy atom. The maximum absolute atomic E-state index is 5.71. The molecule has 0 saturated heterocycles. The Labute approximate surface area is 124 Å². The van der Waals surface area contributed by atoms with E-state index >= 15 is 0 Å². The predicted molar refractivity (Wildman–Crippen MR) is 91.3 cm³/mol. The van der Waals surface area contributed by atoms with Gasteiger partial charge in [-0.1, -0.05) is 74.0 Å². The first-order valence-electron chi connectivity index (χ1n) is 7.37. The fourth-order valence-corrected chi connectivity index (χ4v) is 5.85. The minimum Gasteiger partial charge on any atom is -0.127 e. The summed E-state index contributed by atoms with van der Waals surface area (Å²) < 4.78 is 0. The lowest BCUT2D eigenvalue weighted by Gasteiger charge is -2.31. The average molecular weight is 295 g/mol. The fraction of sp³-hybridized carbons (Fsp3) is 0.529. The first-order valence-corrected chi connectivity index (χ1v) is 11.0. The maximum atomic E-state index is 5.71. The third-order valence-electron chi connectivity index (χ3n) is 4.13. The summed E-state index contributed by atoms with van der Waals surface area (Å²) in [5, 5.41) is 1.54. The standard InChI is InChI=1S/C17H27ClSi/c1-4-16(12-8-5-6-11-15-18)19(2,3)17-13-9-7-10-14-17/h4,7,9-10,13-14,16H,1,5-6,8,11-12,15H2,2-3H3/t16-/m0/s1. The normalized spacial score (nSPS) is 13.2. The zero-order valence-corrected chi connectivity index (χ0v) is 14.1. The van der Waals surface area contributed by atoms with E-state index in [0.29, 0.717) is 5.54 Å². The van der Waals surface area contributed by atoms with Crippen molar-refractivity contribution >= 4 is 24.9 Å². The van der Waals surface area contributed by atoms with E-state index in [9.17, 15) is 0 Å². The highest BCUT2D eigenvalue weighted by Gasteiger charge is 2.30. The van der Waals surface area contributed by atoms with Gasteiger partial charge >= 0.3 is 0 Å². The van der Waals surface area contributed by atoms with Crippen LogP contribution in [-0.4, -0.2) is 14.0 Å². The summed E-state index contributed by atoms with van der Waals surface area (Å²) in [4.78, 5) is 0. The fourth-order valence-electron chi connectivity index (χ4n) is 2.67. The zero-order chi connectivity index (χ0) is 14.1. The molecule has 0 radical (unpaired) electrons. The van der Waals surface area contributed by atoms with Crippen LogP contribution in [0.15, 0.2) is 43.0 Å². The molecule has 0 heterocycles. The second-order valence-corrected chi connectivity index (χ2v) is 11.0. The van der Waals surface area contributed by atoms with E-state index in [0.717, 1.165) is 12.3 Å². The number of hydrogen-bond donors (Lipinski definition) is 0. The molecule has 0 unspecified atom stereocenters. The third-order valence-corrected chi connectivity index (χ3v) is 8.60. The van der Waals surface area contributed by atoms with E-state index in [-0.39, 0.29) is 0 Å². The van der Waals surface area contributed by atoms with Crippen molar-refractivity contribution in [2.45, 2.75) is 50.7 Å². The van der Waals surface area contributed by atoms with E-state index in [1.54, 1.807) is 5.19 Å². The zero-order valence-electron chi connectivity index (χ0n) is 12.4. The minimum atomic E-state index is -1.42. The van der Waals surface area contributed by atoms with Gasteiger partial charge in [-0.2, -0.15) is 0 Å². The van der Waals surface area contributed by atoms with Crippen LogP contribution >= 0.6 is 11.6 Å². The molecular formula is C17H27ClSi. The van der Waals surface area contributed by atoms with E-state index in [4.69, 9.17) is 11.6 Å². The summed E-state index contributed by atoms with van der Waals surface area (Å²) in [5.74, 6) is 0.801. The molecule has 1 aromatic carbocycles. The number of unbranched alkanes of at least 4 members (excludes halogenated alkanes) is 3. The molecular weight excluding hydrogens is 268 g/mol. The molecule has 0 nitrogen and oxygen atoms in total. The summed E-state index contributed by atoms with van der Waals surface area (Å²) in [5.41, 5.74) is 0.672. The van der Waals surface area contributed by atoms with E-state index in [2.05, 4.69) is 56.1 Å². The molecule has 19 heavy (non-hydrogen) atoms. The van der Waals surface area contributed by atoms with Crippen LogP contribution in [0.1, 0.15) is 32.1 Å².